The smallest absolute Gasteiger partial charge is 0.320 e. The van der Waals surface area contributed by atoms with E-state index in [1.54, 1.807) is 0 Å². The predicted octanol–water partition coefficient (Wildman–Crippen LogP) is 0.923. The molecule has 104 valence electrons. The summed E-state index contributed by atoms with van der Waals surface area (Å²) < 4.78 is 0. The molecule has 0 radical (unpaired) electrons. The Kier molecular flexibility index (Phi) is 6.49. The topological polar surface area (TPSA) is 83.6 Å². The second-order valence-electron chi connectivity index (χ2n) is 4.72. The van der Waals surface area contributed by atoms with Gasteiger partial charge in [-0.15, -0.1) is 0 Å². The minimum atomic E-state index is -0.980. The van der Waals surface area contributed by atoms with Gasteiger partial charge in [0.25, 0.3) is 0 Å². The van der Waals surface area contributed by atoms with Gasteiger partial charge in [0.1, 0.15) is 6.04 Å². The van der Waals surface area contributed by atoms with Gasteiger partial charge in [0.15, 0.2) is 0 Å². The van der Waals surface area contributed by atoms with Crippen molar-refractivity contribution in [1.82, 2.24) is 4.90 Å². The molecule has 2 unspecified atom stereocenters. The normalized spacial score (nSPS) is 21.7. The first kappa shape index (κ1) is 15.3. The fraction of sp³-hybridized carbons (Fsp3) is 0.833. The van der Waals surface area contributed by atoms with Crippen LogP contribution in [0, 0.1) is 0 Å². The van der Waals surface area contributed by atoms with E-state index in [0.717, 1.165) is 19.4 Å². The number of nitrogens with zero attached hydrogens (tertiary/aromatic N) is 1. The number of thioether (sulfide) groups is 1. The molecule has 1 fully saturated rings. The van der Waals surface area contributed by atoms with Gasteiger partial charge >= 0.3 is 5.97 Å². The number of aliphatic carboxylic acids is 1. The van der Waals surface area contributed by atoms with Crippen molar-refractivity contribution in [1.29, 1.82) is 0 Å². The number of hydrogen-bond acceptors (Lipinski definition) is 4. The molecule has 1 heterocycles. The Labute approximate surface area is 112 Å². The molecule has 0 aromatic carbocycles. The molecular weight excluding hydrogens is 252 g/mol. The zero-order chi connectivity index (χ0) is 13.5. The summed E-state index contributed by atoms with van der Waals surface area (Å²) in [5.41, 5.74) is 5.39. The van der Waals surface area contributed by atoms with E-state index in [4.69, 9.17) is 10.8 Å². The molecule has 0 spiro atoms. The summed E-state index contributed by atoms with van der Waals surface area (Å²) in [6.07, 6.45) is 3.78. The first-order chi connectivity index (χ1) is 8.52. The van der Waals surface area contributed by atoms with Crippen molar-refractivity contribution >= 4 is 23.6 Å². The average molecular weight is 274 g/mol. The molecule has 1 aliphatic rings. The van der Waals surface area contributed by atoms with Crippen molar-refractivity contribution in [3.63, 3.8) is 0 Å². The Morgan fingerprint density at radius 2 is 2.22 bits per heavy atom. The zero-order valence-corrected chi connectivity index (χ0v) is 11.6. The van der Waals surface area contributed by atoms with Crippen LogP contribution >= 0.6 is 11.8 Å². The van der Waals surface area contributed by atoms with Crippen LogP contribution in [0.5, 0.6) is 0 Å². The van der Waals surface area contributed by atoms with E-state index in [2.05, 4.69) is 6.92 Å². The number of nitrogens with two attached hydrogens (primary N) is 1. The second-order valence-corrected chi connectivity index (χ2v) is 5.82. The SMILES string of the molecule is CC1CCCCN1C(=O)CSCCC(N)C(=O)O. The molecule has 1 aliphatic heterocycles. The molecule has 5 nitrogen and oxygen atoms in total. The third-order valence-corrected chi connectivity index (χ3v) is 4.21. The number of carboxylic acid groups (broad SMARTS) is 1. The van der Waals surface area contributed by atoms with Crippen LogP contribution in [0.2, 0.25) is 0 Å². The number of hydrogen-bond donors (Lipinski definition) is 2. The van der Waals surface area contributed by atoms with Gasteiger partial charge in [0, 0.05) is 12.6 Å². The monoisotopic (exact) mass is 274 g/mol. The number of carboxylic acids is 1. The maximum Gasteiger partial charge on any atom is 0.320 e. The van der Waals surface area contributed by atoms with Crippen molar-refractivity contribution in [3.05, 3.63) is 0 Å². The number of carbonyl (C=O) groups is 2. The second kappa shape index (κ2) is 7.63. The zero-order valence-electron chi connectivity index (χ0n) is 10.8. The van der Waals surface area contributed by atoms with E-state index < -0.39 is 12.0 Å². The quantitative estimate of drug-likeness (QED) is 0.704. The minimum absolute atomic E-state index is 0.163. The summed E-state index contributed by atoms with van der Waals surface area (Å²) in [5.74, 6) is 0.223. The summed E-state index contributed by atoms with van der Waals surface area (Å²) in [4.78, 5) is 24.4. The number of carbonyl (C=O) groups excluding carboxylic acids is 1. The maximum absolute atomic E-state index is 11.9. The van der Waals surface area contributed by atoms with Crippen LogP contribution in [0.3, 0.4) is 0 Å². The van der Waals surface area contributed by atoms with Gasteiger partial charge in [-0.1, -0.05) is 0 Å². The van der Waals surface area contributed by atoms with Crippen LogP contribution in [0.25, 0.3) is 0 Å². The molecule has 2 atom stereocenters. The molecule has 1 saturated heterocycles. The molecule has 1 amide bonds. The van der Waals surface area contributed by atoms with Gasteiger partial charge in [-0.3, -0.25) is 9.59 Å². The van der Waals surface area contributed by atoms with E-state index in [1.807, 2.05) is 4.90 Å². The Hall–Kier alpha value is -0.750. The molecular formula is C12H22N2O3S. The third kappa shape index (κ3) is 4.86. The van der Waals surface area contributed by atoms with Gasteiger partial charge in [-0.2, -0.15) is 11.8 Å². The summed E-state index contributed by atoms with van der Waals surface area (Å²) in [5, 5.41) is 8.62. The van der Waals surface area contributed by atoms with Crippen LogP contribution in [0.4, 0.5) is 0 Å². The largest absolute Gasteiger partial charge is 0.480 e. The molecule has 0 saturated carbocycles. The fourth-order valence-corrected chi connectivity index (χ4v) is 2.95. The molecule has 0 aromatic heterocycles. The Morgan fingerprint density at radius 3 is 2.83 bits per heavy atom. The molecule has 3 N–H and O–H groups in total. The van der Waals surface area contributed by atoms with E-state index in [9.17, 15) is 9.59 Å². The summed E-state index contributed by atoms with van der Waals surface area (Å²) in [6.45, 7) is 2.94. The lowest BCUT2D eigenvalue weighted by atomic mass is 10.0. The van der Waals surface area contributed by atoms with E-state index in [0.29, 0.717) is 24.0 Å². The predicted molar refractivity (Wildman–Crippen MR) is 72.6 cm³/mol. The van der Waals surface area contributed by atoms with Gasteiger partial charge < -0.3 is 15.7 Å². The first-order valence-electron chi connectivity index (χ1n) is 6.38. The molecule has 0 bridgehead atoms. The Balaban J connectivity index is 2.18. The van der Waals surface area contributed by atoms with Crippen molar-refractivity contribution in [2.75, 3.05) is 18.1 Å². The van der Waals surface area contributed by atoms with Crippen LogP contribution in [-0.2, 0) is 9.59 Å². The van der Waals surface area contributed by atoms with Crippen LogP contribution in [-0.4, -0.2) is 52.0 Å². The first-order valence-corrected chi connectivity index (χ1v) is 7.53. The van der Waals surface area contributed by atoms with E-state index >= 15 is 0 Å². The van der Waals surface area contributed by atoms with Crippen molar-refractivity contribution < 1.29 is 14.7 Å². The third-order valence-electron chi connectivity index (χ3n) is 3.24. The minimum Gasteiger partial charge on any atom is -0.480 e. The van der Waals surface area contributed by atoms with Crippen LogP contribution in [0.1, 0.15) is 32.6 Å². The van der Waals surface area contributed by atoms with Gasteiger partial charge in [-0.25, -0.2) is 0 Å². The van der Waals surface area contributed by atoms with Crippen molar-refractivity contribution in [2.45, 2.75) is 44.7 Å². The number of rotatable bonds is 6. The number of amides is 1. The molecule has 1 rings (SSSR count). The lowest BCUT2D eigenvalue weighted by Gasteiger charge is -2.33. The van der Waals surface area contributed by atoms with Crippen LogP contribution in [0.15, 0.2) is 0 Å². The fourth-order valence-electron chi connectivity index (χ4n) is 2.04. The number of piperidine rings is 1. The summed E-state index contributed by atoms with van der Waals surface area (Å²) >= 11 is 1.47. The number of likely N-dealkylation sites (tertiary alicyclic amines) is 1. The average Bonchev–Trinajstić information content (AvgIpc) is 2.34. The lowest BCUT2D eigenvalue weighted by molar-refractivity contribution is -0.138. The maximum atomic E-state index is 11.9. The van der Waals surface area contributed by atoms with Crippen LogP contribution < -0.4 is 5.73 Å². The van der Waals surface area contributed by atoms with E-state index in [-0.39, 0.29) is 5.91 Å². The highest BCUT2D eigenvalue weighted by atomic mass is 32.2. The van der Waals surface area contributed by atoms with Crippen molar-refractivity contribution in [3.8, 4) is 0 Å². The van der Waals surface area contributed by atoms with Gasteiger partial charge in [0.05, 0.1) is 5.75 Å². The summed E-state index contributed by atoms with van der Waals surface area (Å²) in [7, 11) is 0. The van der Waals surface area contributed by atoms with Gasteiger partial charge in [-0.05, 0) is 38.4 Å². The van der Waals surface area contributed by atoms with Gasteiger partial charge in [0.2, 0.25) is 5.91 Å². The highest BCUT2D eigenvalue weighted by Crippen LogP contribution is 2.18. The highest BCUT2D eigenvalue weighted by Gasteiger charge is 2.22. The van der Waals surface area contributed by atoms with Crippen molar-refractivity contribution in [2.24, 2.45) is 5.73 Å². The molecule has 0 aromatic rings. The molecule has 18 heavy (non-hydrogen) atoms. The standard InChI is InChI=1S/C12H22N2O3S/c1-9-4-2-3-6-14(9)11(15)8-18-7-5-10(13)12(16)17/h9-10H,2-8,13H2,1H3,(H,16,17). The summed E-state index contributed by atoms with van der Waals surface area (Å²) in [6, 6.07) is -0.477. The Bertz CT molecular complexity index is 299. The Morgan fingerprint density at radius 1 is 1.50 bits per heavy atom. The molecule has 0 aliphatic carbocycles. The molecule has 6 heteroatoms. The van der Waals surface area contributed by atoms with E-state index in [1.165, 1.54) is 18.2 Å². The highest BCUT2D eigenvalue weighted by molar-refractivity contribution is 7.99. The lowest BCUT2D eigenvalue weighted by Crippen LogP contribution is -2.43.